The predicted molar refractivity (Wildman–Crippen MR) is 57.7 cm³/mol. The van der Waals surface area contributed by atoms with Crippen molar-refractivity contribution in [2.24, 2.45) is 5.92 Å². The van der Waals surface area contributed by atoms with Gasteiger partial charge in [-0.1, -0.05) is 0 Å². The van der Waals surface area contributed by atoms with Gasteiger partial charge in [0.25, 0.3) is 5.91 Å². The molecule has 0 bridgehead atoms. The van der Waals surface area contributed by atoms with Gasteiger partial charge >= 0.3 is 0 Å². The number of nitrogens with zero attached hydrogens (tertiary/aromatic N) is 1. The molecule has 0 aliphatic heterocycles. The summed E-state index contributed by atoms with van der Waals surface area (Å²) in [5.41, 5.74) is 0.912. The third-order valence-electron chi connectivity index (χ3n) is 3.29. The van der Waals surface area contributed by atoms with E-state index in [4.69, 9.17) is 4.42 Å². The van der Waals surface area contributed by atoms with Gasteiger partial charge in [0.1, 0.15) is 0 Å². The van der Waals surface area contributed by atoms with Crippen LogP contribution in [0.3, 0.4) is 0 Å². The van der Waals surface area contributed by atoms with E-state index in [2.05, 4.69) is 6.92 Å². The molecule has 1 amide bonds. The average Bonchev–Trinajstić information content (AvgIpc) is 2.98. The maximum absolute atomic E-state index is 12.0. The minimum absolute atomic E-state index is 0.00287. The van der Waals surface area contributed by atoms with Gasteiger partial charge in [-0.3, -0.25) is 4.79 Å². The summed E-state index contributed by atoms with van der Waals surface area (Å²) in [6.45, 7) is 4.00. The molecule has 1 aliphatic carbocycles. The van der Waals surface area contributed by atoms with Crippen molar-refractivity contribution in [3.63, 3.8) is 0 Å². The molecule has 0 radical (unpaired) electrons. The van der Waals surface area contributed by atoms with E-state index in [0.29, 0.717) is 17.7 Å². The molecular formula is C12H17NO2. The molecule has 0 spiro atoms. The van der Waals surface area contributed by atoms with Crippen molar-refractivity contribution in [3.8, 4) is 0 Å². The standard InChI is InChI=1S/C12H17NO2/c1-8-6-7-15-11(8)12(14)13(3)9(2)10-4-5-10/h6-7,9-10H,4-5H2,1-3H3. The summed E-state index contributed by atoms with van der Waals surface area (Å²) in [5.74, 6) is 1.16. The lowest BCUT2D eigenvalue weighted by atomic mass is 10.1. The Labute approximate surface area is 90.1 Å². The van der Waals surface area contributed by atoms with E-state index in [1.807, 2.05) is 20.0 Å². The van der Waals surface area contributed by atoms with Crippen molar-refractivity contribution in [2.75, 3.05) is 7.05 Å². The first kappa shape index (κ1) is 10.3. The summed E-state index contributed by atoms with van der Waals surface area (Å²) in [4.78, 5) is 13.8. The van der Waals surface area contributed by atoms with Crippen LogP contribution >= 0.6 is 0 Å². The van der Waals surface area contributed by atoms with E-state index in [1.165, 1.54) is 12.8 Å². The molecule has 0 N–H and O–H groups in total. The van der Waals surface area contributed by atoms with Crippen LogP contribution in [0.1, 0.15) is 35.9 Å². The molecule has 1 fully saturated rings. The zero-order valence-corrected chi connectivity index (χ0v) is 9.49. The molecule has 1 aromatic heterocycles. The van der Waals surface area contributed by atoms with E-state index >= 15 is 0 Å². The second-order valence-electron chi connectivity index (χ2n) is 4.43. The summed E-state index contributed by atoms with van der Waals surface area (Å²) < 4.78 is 5.21. The Hall–Kier alpha value is -1.25. The third kappa shape index (κ3) is 1.91. The Balaban J connectivity index is 2.10. The number of amides is 1. The van der Waals surface area contributed by atoms with Crippen LogP contribution in [0.25, 0.3) is 0 Å². The summed E-state index contributed by atoms with van der Waals surface area (Å²) in [5, 5.41) is 0. The van der Waals surface area contributed by atoms with E-state index < -0.39 is 0 Å². The molecule has 3 nitrogen and oxygen atoms in total. The molecule has 1 heterocycles. The lowest BCUT2D eigenvalue weighted by Gasteiger charge is -2.24. The Morgan fingerprint density at radius 3 is 2.73 bits per heavy atom. The molecule has 1 unspecified atom stereocenters. The highest BCUT2D eigenvalue weighted by molar-refractivity contribution is 5.92. The van der Waals surface area contributed by atoms with E-state index in [-0.39, 0.29) is 5.91 Å². The highest BCUT2D eigenvalue weighted by Crippen LogP contribution is 2.35. The van der Waals surface area contributed by atoms with E-state index in [9.17, 15) is 4.79 Å². The Morgan fingerprint density at radius 2 is 2.27 bits per heavy atom. The van der Waals surface area contributed by atoms with Crippen molar-refractivity contribution in [3.05, 3.63) is 23.7 Å². The summed E-state index contributed by atoms with van der Waals surface area (Å²) in [6.07, 6.45) is 4.06. The number of rotatable bonds is 3. The van der Waals surface area contributed by atoms with Gasteiger partial charge in [-0.25, -0.2) is 0 Å². The quantitative estimate of drug-likeness (QED) is 0.762. The molecule has 1 saturated carbocycles. The molecule has 3 heteroatoms. The third-order valence-corrected chi connectivity index (χ3v) is 3.29. The number of carbonyl (C=O) groups excluding carboxylic acids is 1. The summed E-state index contributed by atoms with van der Waals surface area (Å²) >= 11 is 0. The van der Waals surface area contributed by atoms with Crippen LogP contribution in [0.2, 0.25) is 0 Å². The molecule has 0 saturated heterocycles. The molecule has 82 valence electrons. The van der Waals surface area contributed by atoms with Crippen LogP contribution in [-0.2, 0) is 0 Å². The van der Waals surface area contributed by atoms with Crippen LogP contribution in [0.4, 0.5) is 0 Å². The van der Waals surface area contributed by atoms with E-state index in [0.717, 1.165) is 5.56 Å². The van der Waals surface area contributed by atoms with E-state index in [1.54, 1.807) is 11.2 Å². The van der Waals surface area contributed by atoms with Crippen molar-refractivity contribution >= 4 is 5.91 Å². The van der Waals surface area contributed by atoms with Crippen LogP contribution < -0.4 is 0 Å². The molecular weight excluding hydrogens is 190 g/mol. The zero-order valence-electron chi connectivity index (χ0n) is 9.49. The van der Waals surface area contributed by atoms with Gasteiger partial charge in [-0.2, -0.15) is 0 Å². The first-order valence-corrected chi connectivity index (χ1v) is 5.42. The maximum Gasteiger partial charge on any atom is 0.289 e. The van der Waals surface area contributed by atoms with Gasteiger partial charge in [0, 0.05) is 18.7 Å². The smallest absolute Gasteiger partial charge is 0.289 e. The number of hydrogen-bond acceptors (Lipinski definition) is 2. The van der Waals surface area contributed by atoms with Gasteiger partial charge in [0.2, 0.25) is 0 Å². The van der Waals surface area contributed by atoms with Gasteiger partial charge in [0.15, 0.2) is 5.76 Å². The average molecular weight is 207 g/mol. The van der Waals surface area contributed by atoms with Crippen LogP contribution in [-0.4, -0.2) is 23.9 Å². The van der Waals surface area contributed by atoms with Crippen molar-refractivity contribution < 1.29 is 9.21 Å². The van der Waals surface area contributed by atoms with Crippen LogP contribution in [0, 0.1) is 12.8 Å². The minimum atomic E-state index is -0.00287. The second-order valence-corrected chi connectivity index (χ2v) is 4.43. The Bertz CT molecular complexity index is 365. The highest BCUT2D eigenvalue weighted by atomic mass is 16.3. The molecule has 1 aliphatic rings. The SMILES string of the molecule is Cc1ccoc1C(=O)N(C)C(C)C1CC1. The largest absolute Gasteiger partial charge is 0.459 e. The molecule has 15 heavy (non-hydrogen) atoms. The highest BCUT2D eigenvalue weighted by Gasteiger charge is 2.33. The predicted octanol–water partition coefficient (Wildman–Crippen LogP) is 2.46. The van der Waals surface area contributed by atoms with Crippen LogP contribution in [0.5, 0.6) is 0 Å². The number of furan rings is 1. The fraction of sp³-hybridized carbons (Fsp3) is 0.583. The topological polar surface area (TPSA) is 33.5 Å². The van der Waals surface area contributed by atoms with Gasteiger partial charge < -0.3 is 9.32 Å². The maximum atomic E-state index is 12.0. The lowest BCUT2D eigenvalue weighted by Crippen LogP contribution is -2.36. The zero-order chi connectivity index (χ0) is 11.0. The van der Waals surface area contributed by atoms with Crippen molar-refractivity contribution in [1.82, 2.24) is 4.90 Å². The Morgan fingerprint density at radius 1 is 1.60 bits per heavy atom. The van der Waals surface area contributed by atoms with Crippen LogP contribution in [0.15, 0.2) is 16.7 Å². The van der Waals surface area contributed by atoms with Crippen molar-refractivity contribution in [1.29, 1.82) is 0 Å². The molecule has 0 aromatic carbocycles. The number of aryl methyl sites for hydroxylation is 1. The normalized spacial score (nSPS) is 17.5. The van der Waals surface area contributed by atoms with Gasteiger partial charge in [-0.05, 0) is 38.7 Å². The fourth-order valence-electron chi connectivity index (χ4n) is 1.83. The van der Waals surface area contributed by atoms with Crippen molar-refractivity contribution in [2.45, 2.75) is 32.7 Å². The number of hydrogen-bond donors (Lipinski definition) is 0. The second kappa shape index (κ2) is 3.72. The number of carbonyl (C=O) groups is 1. The fourth-order valence-corrected chi connectivity index (χ4v) is 1.83. The molecule has 1 aromatic rings. The lowest BCUT2D eigenvalue weighted by molar-refractivity contribution is 0.0694. The summed E-state index contributed by atoms with van der Waals surface area (Å²) in [6, 6.07) is 2.14. The minimum Gasteiger partial charge on any atom is -0.459 e. The van der Waals surface area contributed by atoms with Gasteiger partial charge in [0.05, 0.1) is 6.26 Å². The monoisotopic (exact) mass is 207 g/mol. The summed E-state index contributed by atoms with van der Waals surface area (Å²) in [7, 11) is 1.85. The first-order valence-electron chi connectivity index (χ1n) is 5.42. The molecule has 2 rings (SSSR count). The Kier molecular flexibility index (Phi) is 2.55. The first-order chi connectivity index (χ1) is 7.11. The molecule has 1 atom stereocenters. The van der Waals surface area contributed by atoms with Gasteiger partial charge in [-0.15, -0.1) is 0 Å².